The summed E-state index contributed by atoms with van der Waals surface area (Å²) in [7, 11) is 0. The summed E-state index contributed by atoms with van der Waals surface area (Å²) in [6, 6.07) is 20.7. The molecule has 1 saturated carbocycles. The van der Waals surface area contributed by atoms with Gasteiger partial charge in [-0.2, -0.15) is 0 Å². The first-order valence-corrected chi connectivity index (χ1v) is 13.8. The minimum Gasteiger partial charge on any atom is -0.478 e. The van der Waals surface area contributed by atoms with Crippen LogP contribution in [-0.4, -0.2) is 47.9 Å². The van der Waals surface area contributed by atoms with E-state index in [9.17, 15) is 19.1 Å². The third kappa shape index (κ3) is 8.63. The number of halogens is 1. The minimum atomic E-state index is -0.936. The smallest absolute Gasteiger partial charge is 0.336 e. The summed E-state index contributed by atoms with van der Waals surface area (Å²) in [6.45, 7) is 3.78. The van der Waals surface area contributed by atoms with Gasteiger partial charge >= 0.3 is 12.0 Å². The Morgan fingerprint density at radius 3 is 2.62 bits per heavy atom. The van der Waals surface area contributed by atoms with Gasteiger partial charge in [-0.15, -0.1) is 0 Å². The van der Waals surface area contributed by atoms with Crippen molar-refractivity contribution in [1.82, 2.24) is 4.90 Å². The van der Waals surface area contributed by atoms with Gasteiger partial charge < -0.3 is 24.8 Å². The van der Waals surface area contributed by atoms with Crippen molar-refractivity contribution in [3.8, 4) is 0 Å². The number of benzene rings is 3. The van der Waals surface area contributed by atoms with E-state index in [1.54, 1.807) is 36.1 Å². The van der Waals surface area contributed by atoms with Gasteiger partial charge in [-0.25, -0.2) is 14.0 Å². The molecule has 212 valence electrons. The predicted molar refractivity (Wildman–Crippen MR) is 152 cm³/mol. The van der Waals surface area contributed by atoms with E-state index in [0.717, 1.165) is 36.8 Å². The number of nitrogens with one attached hydrogen (secondary N) is 1. The van der Waals surface area contributed by atoms with E-state index in [0.29, 0.717) is 49.0 Å². The van der Waals surface area contributed by atoms with E-state index < -0.39 is 11.8 Å². The number of rotatable bonds is 12. The number of carbonyl (C=O) groups excluding carboxylic acids is 1. The Kier molecular flexibility index (Phi) is 10.7. The summed E-state index contributed by atoms with van der Waals surface area (Å²) < 4.78 is 25.8. The van der Waals surface area contributed by atoms with Crippen LogP contribution in [0.4, 0.5) is 14.9 Å². The van der Waals surface area contributed by atoms with Gasteiger partial charge in [0.1, 0.15) is 5.82 Å². The molecule has 2 atom stereocenters. The molecule has 0 radical (unpaired) electrons. The molecule has 1 fully saturated rings. The second kappa shape index (κ2) is 14.6. The van der Waals surface area contributed by atoms with E-state index in [1.165, 1.54) is 12.1 Å². The van der Waals surface area contributed by atoms with E-state index in [-0.39, 0.29) is 18.7 Å². The molecular formula is C32H37FN2O5. The molecular weight excluding hydrogens is 511 g/mol. The Labute approximate surface area is 234 Å². The number of ether oxygens (including phenoxy) is 2. The molecule has 2 amide bonds. The normalized spacial score (nSPS) is 16.9. The van der Waals surface area contributed by atoms with Crippen molar-refractivity contribution in [2.75, 3.05) is 25.1 Å². The maximum absolute atomic E-state index is 13.6. The number of hydrogen-bond donors (Lipinski definition) is 2. The minimum absolute atomic E-state index is 0.0701. The number of anilines is 1. The Morgan fingerprint density at radius 2 is 1.85 bits per heavy atom. The number of aromatic carboxylic acids is 1. The summed E-state index contributed by atoms with van der Waals surface area (Å²) in [6.07, 6.45) is 3.94. The van der Waals surface area contributed by atoms with Gasteiger partial charge in [-0.1, -0.05) is 61.0 Å². The van der Waals surface area contributed by atoms with Crippen LogP contribution in [-0.2, 0) is 22.6 Å². The Bertz CT molecular complexity index is 1270. The SMILES string of the molecule is Cc1cccc(COCC2CCC[C@H](OCCN(Cc3ccccc3)C(=O)Nc3cccc(F)c3)C2)c1C(=O)O. The number of hydrogen-bond acceptors (Lipinski definition) is 4. The highest BCUT2D eigenvalue weighted by molar-refractivity contribution is 5.91. The van der Waals surface area contributed by atoms with Crippen molar-refractivity contribution in [2.45, 2.75) is 51.9 Å². The maximum atomic E-state index is 13.6. The van der Waals surface area contributed by atoms with Crippen LogP contribution in [0.25, 0.3) is 0 Å². The van der Waals surface area contributed by atoms with Crippen molar-refractivity contribution >= 4 is 17.7 Å². The number of urea groups is 1. The van der Waals surface area contributed by atoms with Crippen LogP contribution in [0.3, 0.4) is 0 Å². The van der Waals surface area contributed by atoms with Crippen molar-refractivity contribution in [1.29, 1.82) is 0 Å². The number of amides is 2. The third-order valence-corrected chi connectivity index (χ3v) is 7.21. The molecule has 40 heavy (non-hydrogen) atoms. The zero-order chi connectivity index (χ0) is 28.3. The summed E-state index contributed by atoms with van der Waals surface area (Å²) in [5.74, 6) is -1.02. The number of nitrogens with zero attached hydrogens (tertiary/aromatic N) is 1. The highest BCUT2D eigenvalue weighted by Gasteiger charge is 2.24. The number of carboxylic acid groups (broad SMARTS) is 1. The van der Waals surface area contributed by atoms with Gasteiger partial charge in [-0.3, -0.25) is 0 Å². The molecule has 0 spiro atoms. The number of carbonyl (C=O) groups is 2. The molecule has 0 saturated heterocycles. The molecule has 8 heteroatoms. The van der Waals surface area contributed by atoms with Crippen molar-refractivity contribution in [3.05, 3.63) is 101 Å². The van der Waals surface area contributed by atoms with Crippen LogP contribution in [0.15, 0.2) is 72.8 Å². The predicted octanol–water partition coefficient (Wildman–Crippen LogP) is 6.66. The van der Waals surface area contributed by atoms with E-state index in [1.807, 2.05) is 36.4 Å². The largest absolute Gasteiger partial charge is 0.478 e. The van der Waals surface area contributed by atoms with Crippen LogP contribution in [0.2, 0.25) is 0 Å². The average molecular weight is 549 g/mol. The Morgan fingerprint density at radius 1 is 1.05 bits per heavy atom. The molecule has 0 heterocycles. The summed E-state index contributed by atoms with van der Waals surface area (Å²) >= 11 is 0. The standard InChI is InChI=1S/C32H37FN2O5/c1-23-8-5-12-26(30(23)31(36)37)22-39-21-25-11-6-15-29(18-25)40-17-16-35(20-24-9-3-2-4-10-24)32(38)34-28-14-7-13-27(33)19-28/h2-5,7-10,12-14,19,25,29H,6,11,15-18,20-22H2,1H3,(H,34,38)(H,36,37)/t25?,29-/m0/s1. The summed E-state index contributed by atoms with van der Waals surface area (Å²) in [4.78, 5) is 26.4. The second-order valence-corrected chi connectivity index (χ2v) is 10.3. The molecule has 7 nitrogen and oxygen atoms in total. The third-order valence-electron chi connectivity index (χ3n) is 7.21. The molecule has 3 aromatic carbocycles. The fraction of sp³-hybridized carbons (Fsp3) is 0.375. The fourth-order valence-electron chi connectivity index (χ4n) is 5.19. The first kappa shape index (κ1) is 29.2. The lowest BCUT2D eigenvalue weighted by molar-refractivity contribution is -0.0140. The molecule has 4 rings (SSSR count). The van der Waals surface area contributed by atoms with Gasteiger partial charge in [0.05, 0.1) is 24.9 Å². The monoisotopic (exact) mass is 548 g/mol. The van der Waals surface area contributed by atoms with Gasteiger partial charge in [0.25, 0.3) is 0 Å². The highest BCUT2D eigenvalue weighted by Crippen LogP contribution is 2.27. The molecule has 1 aliphatic rings. The first-order valence-electron chi connectivity index (χ1n) is 13.8. The molecule has 1 unspecified atom stereocenters. The van der Waals surface area contributed by atoms with Crippen LogP contribution in [0.1, 0.15) is 52.7 Å². The quantitative estimate of drug-likeness (QED) is 0.264. The van der Waals surface area contributed by atoms with E-state index in [2.05, 4.69) is 5.32 Å². The van der Waals surface area contributed by atoms with Crippen LogP contribution < -0.4 is 5.32 Å². The van der Waals surface area contributed by atoms with Crippen molar-refractivity contribution in [3.63, 3.8) is 0 Å². The fourth-order valence-corrected chi connectivity index (χ4v) is 5.19. The number of aryl methyl sites for hydroxylation is 1. The van der Waals surface area contributed by atoms with Crippen LogP contribution in [0, 0.1) is 18.7 Å². The average Bonchev–Trinajstić information content (AvgIpc) is 2.93. The molecule has 3 aromatic rings. The molecule has 0 aliphatic heterocycles. The second-order valence-electron chi connectivity index (χ2n) is 10.3. The number of carboxylic acids is 1. The van der Waals surface area contributed by atoms with Gasteiger partial charge in [0.2, 0.25) is 0 Å². The molecule has 2 N–H and O–H groups in total. The summed E-state index contributed by atoms with van der Waals surface area (Å²) in [5, 5.41) is 12.3. The van der Waals surface area contributed by atoms with Gasteiger partial charge in [-0.05, 0) is 67.0 Å². The van der Waals surface area contributed by atoms with Crippen molar-refractivity contribution < 1.29 is 28.6 Å². The zero-order valence-corrected chi connectivity index (χ0v) is 22.9. The lowest BCUT2D eigenvalue weighted by atomic mass is 9.88. The topological polar surface area (TPSA) is 88.1 Å². The highest BCUT2D eigenvalue weighted by atomic mass is 19.1. The van der Waals surface area contributed by atoms with Crippen molar-refractivity contribution in [2.24, 2.45) is 5.92 Å². The first-order chi connectivity index (χ1) is 19.4. The van der Waals surface area contributed by atoms with E-state index >= 15 is 0 Å². The lowest BCUT2D eigenvalue weighted by Crippen LogP contribution is -2.38. The maximum Gasteiger partial charge on any atom is 0.336 e. The zero-order valence-electron chi connectivity index (χ0n) is 22.9. The molecule has 0 aromatic heterocycles. The molecule has 0 bridgehead atoms. The van der Waals surface area contributed by atoms with E-state index in [4.69, 9.17) is 9.47 Å². The van der Waals surface area contributed by atoms with Gasteiger partial charge in [0, 0.05) is 25.4 Å². The Balaban J connectivity index is 1.27. The molecule has 1 aliphatic carbocycles. The summed E-state index contributed by atoms with van der Waals surface area (Å²) in [5.41, 5.74) is 3.12. The van der Waals surface area contributed by atoms with Gasteiger partial charge in [0.15, 0.2) is 0 Å². The lowest BCUT2D eigenvalue weighted by Gasteiger charge is -2.30. The van der Waals surface area contributed by atoms with Crippen LogP contribution in [0.5, 0.6) is 0 Å². The van der Waals surface area contributed by atoms with Crippen LogP contribution >= 0.6 is 0 Å². The Hall–Kier alpha value is -3.75.